The van der Waals surface area contributed by atoms with Crippen LogP contribution >= 0.6 is 0 Å². The van der Waals surface area contributed by atoms with Gasteiger partial charge in [0.1, 0.15) is 23.2 Å². The average Bonchev–Trinajstić information content (AvgIpc) is 2.89. The van der Waals surface area contributed by atoms with Gasteiger partial charge in [-0.05, 0) is 48.9 Å². The van der Waals surface area contributed by atoms with E-state index in [-0.39, 0.29) is 5.91 Å². The van der Waals surface area contributed by atoms with E-state index in [0.29, 0.717) is 41.0 Å². The molecule has 3 aromatic heterocycles. The molecule has 9 nitrogen and oxygen atoms in total. The summed E-state index contributed by atoms with van der Waals surface area (Å²) in [5.41, 5.74) is 3.30. The number of carbonyl (C=O) groups excluding carboxylic acids is 1. The van der Waals surface area contributed by atoms with Gasteiger partial charge in [-0.3, -0.25) is 4.79 Å². The van der Waals surface area contributed by atoms with Gasteiger partial charge in [0.25, 0.3) is 5.91 Å². The molecule has 9 heteroatoms. The van der Waals surface area contributed by atoms with Crippen molar-refractivity contribution in [3.8, 4) is 11.5 Å². The van der Waals surface area contributed by atoms with Crippen LogP contribution < -0.4 is 10.6 Å². The van der Waals surface area contributed by atoms with E-state index in [4.69, 9.17) is 0 Å². The minimum atomic E-state index is 0.0624. The van der Waals surface area contributed by atoms with Gasteiger partial charge in [0.2, 0.25) is 0 Å². The molecule has 1 aliphatic rings. The van der Waals surface area contributed by atoms with Crippen LogP contribution in [-0.4, -0.2) is 61.9 Å². The van der Waals surface area contributed by atoms with E-state index in [1.54, 1.807) is 24.5 Å². The summed E-state index contributed by atoms with van der Waals surface area (Å²) in [5.74, 6) is 2.50. The molecule has 1 saturated heterocycles. The predicted molar refractivity (Wildman–Crippen MR) is 133 cm³/mol. The Hall–Kier alpha value is -4.24. The van der Waals surface area contributed by atoms with Crippen LogP contribution in [0.15, 0.2) is 67.0 Å². The topological polar surface area (TPSA) is 109 Å². The van der Waals surface area contributed by atoms with Crippen molar-refractivity contribution in [2.24, 2.45) is 0 Å². The monoisotopic (exact) mass is 466 g/mol. The highest BCUT2D eigenvalue weighted by Gasteiger charge is 2.18. The molecular formula is C26H26N8O. The fourth-order valence-electron chi connectivity index (χ4n) is 3.95. The zero-order chi connectivity index (χ0) is 24.0. The second-order valence-electron chi connectivity index (χ2n) is 8.33. The molecule has 0 unspecified atom stereocenters. The summed E-state index contributed by atoms with van der Waals surface area (Å²) >= 11 is 0. The first kappa shape index (κ1) is 22.5. The quantitative estimate of drug-likeness (QED) is 0.446. The first-order chi connectivity index (χ1) is 17.1. The van der Waals surface area contributed by atoms with Crippen molar-refractivity contribution >= 4 is 17.5 Å². The smallest absolute Gasteiger partial charge is 0.253 e. The molecule has 176 valence electrons. The normalized spacial score (nSPS) is 13.5. The van der Waals surface area contributed by atoms with Crippen molar-refractivity contribution in [3.05, 3.63) is 89.6 Å². The van der Waals surface area contributed by atoms with Crippen molar-refractivity contribution < 1.29 is 4.79 Å². The van der Waals surface area contributed by atoms with E-state index >= 15 is 0 Å². The predicted octanol–water partition coefficient (Wildman–Crippen LogP) is 3.02. The van der Waals surface area contributed by atoms with Crippen LogP contribution in [-0.2, 0) is 6.42 Å². The number of piperazine rings is 1. The average molecular weight is 467 g/mol. The van der Waals surface area contributed by atoms with Crippen molar-refractivity contribution in [1.29, 1.82) is 0 Å². The number of nitrogens with zero attached hydrogens (tertiary/aromatic N) is 6. The van der Waals surface area contributed by atoms with Crippen molar-refractivity contribution in [1.82, 2.24) is 35.1 Å². The molecule has 5 rings (SSSR count). The van der Waals surface area contributed by atoms with Crippen molar-refractivity contribution in [3.63, 3.8) is 0 Å². The minimum absolute atomic E-state index is 0.0624. The number of amides is 1. The highest BCUT2D eigenvalue weighted by atomic mass is 16.2. The van der Waals surface area contributed by atoms with Gasteiger partial charge in [0.15, 0.2) is 5.82 Å². The fourth-order valence-corrected chi connectivity index (χ4v) is 3.95. The molecule has 1 aromatic carbocycles. The SMILES string of the molecule is Cc1cccc(-c2nccc(Nc3ccnc(Cc4cccc(C(=O)N5CCNCC5)c4)n3)n2)n1. The molecule has 1 aliphatic heterocycles. The molecule has 0 aliphatic carbocycles. The Balaban J connectivity index is 1.30. The second kappa shape index (κ2) is 10.4. The number of nitrogens with one attached hydrogen (secondary N) is 2. The Morgan fingerprint density at radius 3 is 2.54 bits per heavy atom. The number of anilines is 2. The van der Waals surface area contributed by atoms with Gasteiger partial charge in [0, 0.05) is 56.3 Å². The van der Waals surface area contributed by atoms with Crippen LogP contribution in [0.25, 0.3) is 11.5 Å². The number of rotatable bonds is 6. The molecule has 4 aromatic rings. The van der Waals surface area contributed by atoms with E-state index < -0.39 is 0 Å². The van der Waals surface area contributed by atoms with Gasteiger partial charge >= 0.3 is 0 Å². The number of aryl methyl sites for hydroxylation is 1. The van der Waals surface area contributed by atoms with Gasteiger partial charge in [-0.2, -0.15) is 0 Å². The first-order valence-electron chi connectivity index (χ1n) is 11.6. The summed E-state index contributed by atoms with van der Waals surface area (Å²) in [7, 11) is 0. The summed E-state index contributed by atoms with van der Waals surface area (Å²) < 4.78 is 0. The molecule has 1 fully saturated rings. The molecule has 0 spiro atoms. The highest BCUT2D eigenvalue weighted by Crippen LogP contribution is 2.18. The Bertz CT molecular complexity index is 1340. The van der Waals surface area contributed by atoms with Crippen LogP contribution in [0.1, 0.15) is 27.4 Å². The number of pyridine rings is 1. The van der Waals surface area contributed by atoms with E-state index in [0.717, 1.165) is 37.4 Å². The van der Waals surface area contributed by atoms with Crippen LogP contribution in [0.4, 0.5) is 11.6 Å². The molecule has 4 heterocycles. The Kier molecular flexibility index (Phi) is 6.67. The van der Waals surface area contributed by atoms with Crippen LogP contribution in [0.2, 0.25) is 0 Å². The molecule has 0 atom stereocenters. The fraction of sp³-hybridized carbons (Fsp3) is 0.231. The summed E-state index contributed by atoms with van der Waals surface area (Å²) in [5, 5.41) is 6.50. The zero-order valence-electron chi connectivity index (χ0n) is 19.5. The summed E-state index contributed by atoms with van der Waals surface area (Å²) in [6.45, 7) is 5.04. The van der Waals surface area contributed by atoms with Gasteiger partial charge in [-0.25, -0.2) is 24.9 Å². The summed E-state index contributed by atoms with van der Waals surface area (Å²) in [6.07, 6.45) is 3.92. The molecule has 0 radical (unpaired) electrons. The summed E-state index contributed by atoms with van der Waals surface area (Å²) in [4.78, 5) is 37.2. The number of carbonyl (C=O) groups is 1. The van der Waals surface area contributed by atoms with Crippen LogP contribution in [0.5, 0.6) is 0 Å². The van der Waals surface area contributed by atoms with Crippen LogP contribution in [0, 0.1) is 6.92 Å². The maximum Gasteiger partial charge on any atom is 0.253 e. The van der Waals surface area contributed by atoms with E-state index in [1.807, 2.05) is 54.3 Å². The largest absolute Gasteiger partial charge is 0.336 e. The lowest BCUT2D eigenvalue weighted by Crippen LogP contribution is -2.46. The summed E-state index contributed by atoms with van der Waals surface area (Å²) in [6, 6.07) is 17.0. The van der Waals surface area contributed by atoms with Gasteiger partial charge < -0.3 is 15.5 Å². The van der Waals surface area contributed by atoms with E-state index in [1.165, 1.54) is 0 Å². The third kappa shape index (κ3) is 5.64. The first-order valence-corrected chi connectivity index (χ1v) is 11.6. The molecule has 1 amide bonds. The van der Waals surface area contributed by atoms with Crippen molar-refractivity contribution in [2.75, 3.05) is 31.5 Å². The Morgan fingerprint density at radius 1 is 0.943 bits per heavy atom. The van der Waals surface area contributed by atoms with Crippen molar-refractivity contribution in [2.45, 2.75) is 13.3 Å². The van der Waals surface area contributed by atoms with E-state index in [9.17, 15) is 4.79 Å². The Morgan fingerprint density at radius 2 is 1.71 bits per heavy atom. The minimum Gasteiger partial charge on any atom is -0.336 e. The lowest BCUT2D eigenvalue weighted by atomic mass is 10.1. The number of aromatic nitrogens is 5. The number of hydrogen-bond donors (Lipinski definition) is 2. The lowest BCUT2D eigenvalue weighted by Gasteiger charge is -2.27. The third-order valence-corrected chi connectivity index (χ3v) is 5.67. The third-order valence-electron chi connectivity index (χ3n) is 5.67. The van der Waals surface area contributed by atoms with Gasteiger partial charge in [0.05, 0.1) is 0 Å². The molecule has 35 heavy (non-hydrogen) atoms. The van der Waals surface area contributed by atoms with E-state index in [2.05, 4.69) is 35.6 Å². The maximum atomic E-state index is 12.9. The zero-order valence-corrected chi connectivity index (χ0v) is 19.5. The van der Waals surface area contributed by atoms with Crippen LogP contribution in [0.3, 0.4) is 0 Å². The second-order valence-corrected chi connectivity index (χ2v) is 8.33. The maximum absolute atomic E-state index is 12.9. The standard InChI is InChI=1S/C26H26N8O/c1-18-4-2-7-21(30-18)25-29-11-9-23(33-25)31-22-8-10-28-24(32-22)17-19-5-3-6-20(16-19)26(35)34-14-12-27-13-15-34/h2-11,16,27H,12-15,17H2,1H3,(H,28,29,31,32,33). The molecule has 0 bridgehead atoms. The highest BCUT2D eigenvalue weighted by molar-refractivity contribution is 5.94. The van der Waals surface area contributed by atoms with Gasteiger partial charge in [-0.1, -0.05) is 18.2 Å². The Labute approximate surface area is 203 Å². The number of benzene rings is 1. The molecule has 2 N–H and O–H groups in total. The number of hydrogen-bond acceptors (Lipinski definition) is 8. The lowest BCUT2D eigenvalue weighted by molar-refractivity contribution is 0.0735. The molecule has 0 saturated carbocycles. The molecular weight excluding hydrogens is 440 g/mol. The van der Waals surface area contributed by atoms with Gasteiger partial charge in [-0.15, -0.1) is 0 Å².